The summed E-state index contributed by atoms with van der Waals surface area (Å²) < 4.78 is 27.9. The molecule has 0 aromatic heterocycles. The maximum Gasteiger partial charge on any atom is 0.241 e. The molecule has 0 bridgehead atoms. The highest BCUT2D eigenvalue weighted by Gasteiger charge is 2.22. The number of hydrogen-bond donors (Lipinski definition) is 2. The van der Waals surface area contributed by atoms with Crippen LogP contribution < -0.4 is 10.5 Å². The monoisotopic (exact) mass is 296 g/mol. The molecule has 4 nitrogen and oxygen atoms in total. The smallest absolute Gasteiger partial charge is 0.241 e. The molecule has 1 aliphatic carbocycles. The average Bonchev–Trinajstić information content (AvgIpc) is 2.66. The maximum atomic E-state index is 12.5. The summed E-state index contributed by atoms with van der Waals surface area (Å²) >= 11 is 0. The normalized spacial score (nSPS) is 17.9. The first-order chi connectivity index (χ1) is 9.53. The van der Waals surface area contributed by atoms with Gasteiger partial charge in [-0.25, -0.2) is 13.1 Å². The van der Waals surface area contributed by atoms with Gasteiger partial charge in [-0.2, -0.15) is 0 Å². The van der Waals surface area contributed by atoms with Crippen LogP contribution in [0.4, 0.5) is 0 Å². The van der Waals surface area contributed by atoms with Crippen LogP contribution in [0.2, 0.25) is 0 Å². The van der Waals surface area contributed by atoms with E-state index in [9.17, 15) is 8.42 Å². The predicted octanol–water partition coefficient (Wildman–Crippen LogP) is 2.45. The van der Waals surface area contributed by atoms with Gasteiger partial charge in [-0.05, 0) is 37.0 Å². The fourth-order valence-electron chi connectivity index (χ4n) is 2.82. The Morgan fingerprint density at radius 2 is 1.85 bits per heavy atom. The van der Waals surface area contributed by atoms with Gasteiger partial charge in [-0.1, -0.05) is 37.8 Å². The molecule has 5 heteroatoms. The van der Waals surface area contributed by atoms with Crippen LogP contribution in [-0.4, -0.2) is 14.5 Å². The second-order valence-electron chi connectivity index (χ2n) is 5.61. The molecule has 1 aromatic rings. The minimum Gasteiger partial charge on any atom is -0.326 e. The molecule has 1 aliphatic rings. The van der Waals surface area contributed by atoms with E-state index >= 15 is 0 Å². The van der Waals surface area contributed by atoms with Crippen molar-refractivity contribution in [3.05, 3.63) is 29.3 Å². The van der Waals surface area contributed by atoms with Crippen LogP contribution >= 0.6 is 0 Å². The summed E-state index contributed by atoms with van der Waals surface area (Å²) in [6.45, 7) is 2.25. The Labute approximate surface area is 121 Å². The van der Waals surface area contributed by atoms with E-state index in [4.69, 9.17) is 5.73 Å². The van der Waals surface area contributed by atoms with Crippen molar-refractivity contribution in [1.29, 1.82) is 0 Å². The first-order valence-electron chi connectivity index (χ1n) is 7.35. The van der Waals surface area contributed by atoms with E-state index in [1.54, 1.807) is 12.1 Å². The fourth-order valence-corrected chi connectivity index (χ4v) is 4.35. The van der Waals surface area contributed by atoms with Gasteiger partial charge < -0.3 is 5.73 Å². The molecule has 0 saturated heterocycles. The molecule has 2 rings (SSSR count). The van der Waals surface area contributed by atoms with Gasteiger partial charge in [0.15, 0.2) is 0 Å². The zero-order chi connectivity index (χ0) is 14.6. The van der Waals surface area contributed by atoms with E-state index in [1.807, 2.05) is 13.0 Å². The summed E-state index contributed by atoms with van der Waals surface area (Å²) in [5, 5.41) is 0. The lowest BCUT2D eigenvalue weighted by Gasteiger charge is -2.17. The van der Waals surface area contributed by atoms with E-state index < -0.39 is 10.0 Å². The van der Waals surface area contributed by atoms with Crippen LogP contribution in [0.3, 0.4) is 0 Å². The van der Waals surface area contributed by atoms with Gasteiger partial charge in [0.1, 0.15) is 0 Å². The Bertz CT molecular complexity index is 547. The Kier molecular flexibility index (Phi) is 5.18. The predicted molar refractivity (Wildman–Crippen MR) is 80.9 cm³/mol. The van der Waals surface area contributed by atoms with E-state index in [1.165, 1.54) is 12.8 Å². The third-order valence-corrected chi connectivity index (χ3v) is 5.62. The van der Waals surface area contributed by atoms with Crippen LogP contribution in [-0.2, 0) is 16.6 Å². The zero-order valence-electron chi connectivity index (χ0n) is 12.1. The maximum absolute atomic E-state index is 12.5. The van der Waals surface area contributed by atoms with Crippen molar-refractivity contribution in [1.82, 2.24) is 4.72 Å². The van der Waals surface area contributed by atoms with E-state index in [0.717, 1.165) is 36.8 Å². The standard InChI is InChI=1S/C15H24N2O2S/c1-12-10-13(11-16)8-9-15(12)20(18,19)17-14-6-4-2-3-5-7-14/h8-10,14,17H,2-7,11,16H2,1H3. The summed E-state index contributed by atoms with van der Waals surface area (Å²) in [5.74, 6) is 0. The van der Waals surface area contributed by atoms with Gasteiger partial charge in [0.25, 0.3) is 0 Å². The van der Waals surface area contributed by atoms with Crippen molar-refractivity contribution >= 4 is 10.0 Å². The van der Waals surface area contributed by atoms with Gasteiger partial charge >= 0.3 is 0 Å². The summed E-state index contributed by atoms with van der Waals surface area (Å²) in [4.78, 5) is 0.374. The van der Waals surface area contributed by atoms with Crippen LogP contribution in [0.5, 0.6) is 0 Å². The van der Waals surface area contributed by atoms with Crippen LogP contribution in [0.1, 0.15) is 49.7 Å². The van der Waals surface area contributed by atoms with Crippen LogP contribution in [0.25, 0.3) is 0 Å². The summed E-state index contributed by atoms with van der Waals surface area (Å²) in [7, 11) is -3.42. The summed E-state index contributed by atoms with van der Waals surface area (Å²) in [6.07, 6.45) is 6.53. The van der Waals surface area contributed by atoms with Gasteiger partial charge in [0.05, 0.1) is 4.90 Å². The lowest BCUT2D eigenvalue weighted by molar-refractivity contribution is 0.509. The Hall–Kier alpha value is -0.910. The number of sulfonamides is 1. The van der Waals surface area contributed by atoms with Crippen molar-refractivity contribution in [3.63, 3.8) is 0 Å². The van der Waals surface area contributed by atoms with Crippen molar-refractivity contribution in [2.75, 3.05) is 0 Å². The average molecular weight is 296 g/mol. The summed E-state index contributed by atoms with van der Waals surface area (Å²) in [6, 6.07) is 5.38. The highest BCUT2D eigenvalue weighted by molar-refractivity contribution is 7.89. The van der Waals surface area contributed by atoms with Crippen molar-refractivity contribution in [3.8, 4) is 0 Å². The highest BCUT2D eigenvalue weighted by Crippen LogP contribution is 2.21. The van der Waals surface area contributed by atoms with Gasteiger partial charge in [0, 0.05) is 12.6 Å². The number of rotatable bonds is 4. The molecule has 0 unspecified atom stereocenters. The molecular weight excluding hydrogens is 272 g/mol. The molecule has 1 saturated carbocycles. The molecule has 0 aliphatic heterocycles. The molecule has 20 heavy (non-hydrogen) atoms. The van der Waals surface area contributed by atoms with E-state index in [-0.39, 0.29) is 6.04 Å². The van der Waals surface area contributed by atoms with E-state index in [0.29, 0.717) is 11.4 Å². The summed E-state index contributed by atoms with van der Waals surface area (Å²) in [5.41, 5.74) is 7.29. The molecule has 0 atom stereocenters. The molecule has 0 amide bonds. The Morgan fingerprint density at radius 1 is 1.20 bits per heavy atom. The molecule has 0 spiro atoms. The third-order valence-electron chi connectivity index (χ3n) is 3.94. The molecule has 112 valence electrons. The van der Waals surface area contributed by atoms with Crippen LogP contribution in [0, 0.1) is 6.92 Å². The quantitative estimate of drug-likeness (QED) is 0.838. The molecule has 3 N–H and O–H groups in total. The molecular formula is C15H24N2O2S. The SMILES string of the molecule is Cc1cc(CN)ccc1S(=O)(=O)NC1CCCCCC1. The third kappa shape index (κ3) is 3.81. The minimum atomic E-state index is -3.42. The number of hydrogen-bond acceptors (Lipinski definition) is 3. The van der Waals surface area contributed by atoms with Crippen molar-refractivity contribution < 1.29 is 8.42 Å². The second-order valence-corrected chi connectivity index (χ2v) is 7.30. The molecule has 1 fully saturated rings. The first kappa shape index (κ1) is 15.5. The zero-order valence-corrected chi connectivity index (χ0v) is 12.9. The highest BCUT2D eigenvalue weighted by atomic mass is 32.2. The lowest BCUT2D eigenvalue weighted by Crippen LogP contribution is -2.34. The topological polar surface area (TPSA) is 72.2 Å². The van der Waals surface area contributed by atoms with Gasteiger partial charge in [-0.15, -0.1) is 0 Å². The largest absolute Gasteiger partial charge is 0.326 e. The number of aryl methyl sites for hydroxylation is 1. The number of benzene rings is 1. The fraction of sp³-hybridized carbons (Fsp3) is 0.600. The number of nitrogens with two attached hydrogens (primary N) is 1. The van der Waals surface area contributed by atoms with E-state index in [2.05, 4.69) is 4.72 Å². The van der Waals surface area contributed by atoms with Crippen molar-refractivity contribution in [2.45, 2.75) is 62.9 Å². The van der Waals surface area contributed by atoms with Crippen molar-refractivity contribution in [2.24, 2.45) is 5.73 Å². The van der Waals surface area contributed by atoms with Gasteiger partial charge in [-0.3, -0.25) is 0 Å². The Balaban J connectivity index is 2.17. The minimum absolute atomic E-state index is 0.0797. The Morgan fingerprint density at radius 3 is 2.40 bits per heavy atom. The molecule has 0 radical (unpaired) electrons. The van der Waals surface area contributed by atoms with Crippen LogP contribution in [0.15, 0.2) is 23.1 Å². The van der Waals surface area contributed by atoms with Gasteiger partial charge in [0.2, 0.25) is 10.0 Å². The first-order valence-corrected chi connectivity index (χ1v) is 8.83. The number of nitrogens with one attached hydrogen (secondary N) is 1. The molecule has 1 aromatic carbocycles. The second kappa shape index (κ2) is 6.70. The molecule has 0 heterocycles. The lowest BCUT2D eigenvalue weighted by atomic mass is 10.1.